The Morgan fingerprint density at radius 3 is 2.75 bits per heavy atom. The fourth-order valence-electron chi connectivity index (χ4n) is 2.24. The minimum Gasteiger partial charge on any atom is -0.384 e. The molecule has 4 nitrogen and oxygen atoms in total. The number of benzene rings is 2. The van der Waals surface area contributed by atoms with Crippen molar-refractivity contribution in [1.29, 1.82) is 0 Å². The van der Waals surface area contributed by atoms with Crippen LogP contribution in [0.25, 0.3) is 0 Å². The highest BCUT2D eigenvalue weighted by atomic mass is 32.2. The first kappa shape index (κ1) is 12.9. The number of nitrogens with one attached hydrogen (secondary N) is 2. The Morgan fingerprint density at radius 1 is 1.15 bits per heavy atom. The summed E-state index contributed by atoms with van der Waals surface area (Å²) in [7, 11) is -3.91. The highest BCUT2D eigenvalue weighted by Crippen LogP contribution is 2.27. The molecule has 0 aromatic heterocycles. The van der Waals surface area contributed by atoms with Gasteiger partial charge in [-0.1, -0.05) is 12.1 Å². The largest absolute Gasteiger partial charge is 0.384 e. The molecule has 0 radical (unpaired) electrons. The van der Waals surface area contributed by atoms with E-state index in [-0.39, 0.29) is 4.90 Å². The summed E-state index contributed by atoms with van der Waals surface area (Å²) in [6.07, 6.45) is 0.852. The van der Waals surface area contributed by atoms with E-state index < -0.39 is 15.8 Å². The molecule has 3 rings (SSSR count). The van der Waals surface area contributed by atoms with Crippen LogP contribution < -0.4 is 10.0 Å². The van der Waals surface area contributed by atoms with Gasteiger partial charge in [-0.25, -0.2) is 12.8 Å². The summed E-state index contributed by atoms with van der Waals surface area (Å²) in [5.74, 6) is -0.761. The molecule has 0 aliphatic carbocycles. The number of hydrogen-bond donors (Lipinski definition) is 2. The van der Waals surface area contributed by atoms with Crippen LogP contribution in [0, 0.1) is 5.82 Å². The van der Waals surface area contributed by atoms with Gasteiger partial charge in [0.15, 0.2) is 0 Å². The van der Waals surface area contributed by atoms with Crippen LogP contribution in [0.1, 0.15) is 5.56 Å². The normalized spacial score (nSPS) is 13.7. The third-order valence-electron chi connectivity index (χ3n) is 3.19. The Morgan fingerprint density at radius 2 is 1.95 bits per heavy atom. The van der Waals surface area contributed by atoms with E-state index >= 15 is 0 Å². The van der Waals surface area contributed by atoms with Gasteiger partial charge in [0.1, 0.15) is 10.7 Å². The average molecular weight is 292 g/mol. The highest BCUT2D eigenvalue weighted by Gasteiger charge is 2.19. The van der Waals surface area contributed by atoms with Crippen molar-refractivity contribution in [2.45, 2.75) is 11.3 Å². The SMILES string of the molecule is O=S(=O)(Nc1ccc2c(c1)CCN2)c1ccccc1F. The second-order valence-electron chi connectivity index (χ2n) is 4.58. The van der Waals surface area contributed by atoms with Crippen LogP contribution in [0.5, 0.6) is 0 Å². The maximum Gasteiger partial charge on any atom is 0.264 e. The molecular formula is C14H13FN2O2S. The molecular weight excluding hydrogens is 279 g/mol. The van der Waals surface area contributed by atoms with Crippen molar-refractivity contribution in [2.24, 2.45) is 0 Å². The summed E-state index contributed by atoms with van der Waals surface area (Å²) >= 11 is 0. The van der Waals surface area contributed by atoms with Gasteiger partial charge in [0.05, 0.1) is 0 Å². The number of sulfonamides is 1. The Hall–Kier alpha value is -2.08. The summed E-state index contributed by atoms with van der Waals surface area (Å²) in [6, 6.07) is 10.6. The minimum absolute atomic E-state index is 0.348. The molecule has 0 unspecified atom stereocenters. The molecule has 2 aromatic rings. The number of anilines is 2. The van der Waals surface area contributed by atoms with Crippen LogP contribution >= 0.6 is 0 Å². The quantitative estimate of drug-likeness (QED) is 0.914. The Labute approximate surface area is 116 Å². The first-order valence-corrected chi connectivity index (χ1v) is 7.69. The molecule has 104 valence electrons. The van der Waals surface area contributed by atoms with E-state index in [1.807, 2.05) is 6.07 Å². The number of halogens is 1. The molecule has 2 aromatic carbocycles. The van der Waals surface area contributed by atoms with Crippen molar-refractivity contribution in [2.75, 3.05) is 16.6 Å². The van der Waals surface area contributed by atoms with E-state index in [2.05, 4.69) is 10.0 Å². The average Bonchev–Trinajstić information content (AvgIpc) is 2.86. The van der Waals surface area contributed by atoms with Gasteiger partial charge in [-0.3, -0.25) is 4.72 Å². The van der Waals surface area contributed by atoms with Gasteiger partial charge in [-0.05, 0) is 42.3 Å². The van der Waals surface area contributed by atoms with Crippen LogP contribution in [0.2, 0.25) is 0 Å². The fourth-order valence-corrected chi connectivity index (χ4v) is 3.37. The zero-order valence-electron chi connectivity index (χ0n) is 10.6. The van der Waals surface area contributed by atoms with Crippen LogP contribution in [0.15, 0.2) is 47.4 Å². The van der Waals surface area contributed by atoms with E-state index in [1.165, 1.54) is 18.2 Å². The second-order valence-corrected chi connectivity index (χ2v) is 6.24. The van der Waals surface area contributed by atoms with Crippen molar-refractivity contribution < 1.29 is 12.8 Å². The van der Waals surface area contributed by atoms with Gasteiger partial charge < -0.3 is 5.32 Å². The van der Waals surface area contributed by atoms with Crippen molar-refractivity contribution in [3.63, 3.8) is 0 Å². The lowest BCUT2D eigenvalue weighted by Crippen LogP contribution is -2.14. The summed E-state index contributed by atoms with van der Waals surface area (Å²) < 4.78 is 40.3. The first-order valence-electron chi connectivity index (χ1n) is 6.20. The predicted molar refractivity (Wildman–Crippen MR) is 75.8 cm³/mol. The van der Waals surface area contributed by atoms with Gasteiger partial charge in [0.25, 0.3) is 10.0 Å². The van der Waals surface area contributed by atoms with Crippen LogP contribution in [-0.2, 0) is 16.4 Å². The third kappa shape index (κ3) is 2.34. The summed E-state index contributed by atoms with van der Waals surface area (Å²) in [5.41, 5.74) is 2.51. The molecule has 1 heterocycles. The van der Waals surface area contributed by atoms with Crippen molar-refractivity contribution in [3.8, 4) is 0 Å². The molecule has 0 bridgehead atoms. The van der Waals surface area contributed by atoms with Crippen molar-refractivity contribution >= 4 is 21.4 Å². The summed E-state index contributed by atoms with van der Waals surface area (Å²) in [4.78, 5) is -0.348. The molecule has 0 fully saturated rings. The summed E-state index contributed by atoms with van der Waals surface area (Å²) in [5, 5.41) is 3.19. The van der Waals surface area contributed by atoms with E-state index in [9.17, 15) is 12.8 Å². The van der Waals surface area contributed by atoms with Crippen LogP contribution in [-0.4, -0.2) is 15.0 Å². The van der Waals surface area contributed by atoms with Gasteiger partial charge in [-0.15, -0.1) is 0 Å². The Bertz CT molecular complexity index is 760. The highest BCUT2D eigenvalue weighted by molar-refractivity contribution is 7.92. The van der Waals surface area contributed by atoms with Gasteiger partial charge in [0.2, 0.25) is 0 Å². The van der Waals surface area contributed by atoms with E-state index in [1.54, 1.807) is 12.1 Å². The maximum atomic E-state index is 13.6. The standard InChI is InChI=1S/C14H13FN2O2S/c15-12-3-1-2-4-14(12)20(18,19)17-11-5-6-13-10(9-11)7-8-16-13/h1-6,9,16-17H,7-8H2. The molecule has 6 heteroatoms. The third-order valence-corrected chi connectivity index (χ3v) is 4.61. The van der Waals surface area contributed by atoms with Crippen LogP contribution in [0.3, 0.4) is 0 Å². The topological polar surface area (TPSA) is 58.2 Å². The van der Waals surface area contributed by atoms with E-state index in [4.69, 9.17) is 0 Å². The molecule has 1 aliphatic heterocycles. The molecule has 0 atom stereocenters. The smallest absolute Gasteiger partial charge is 0.264 e. The van der Waals surface area contributed by atoms with Crippen LogP contribution in [0.4, 0.5) is 15.8 Å². The first-order chi connectivity index (χ1) is 9.56. The van der Waals surface area contributed by atoms with Crippen molar-refractivity contribution in [1.82, 2.24) is 0 Å². The molecule has 2 N–H and O–H groups in total. The molecule has 0 saturated carbocycles. The van der Waals surface area contributed by atoms with Gasteiger partial charge in [0, 0.05) is 17.9 Å². The fraction of sp³-hybridized carbons (Fsp3) is 0.143. The van der Waals surface area contributed by atoms with E-state index in [0.29, 0.717) is 5.69 Å². The molecule has 0 amide bonds. The predicted octanol–water partition coefficient (Wildman–Crippen LogP) is 2.59. The van der Waals surface area contributed by atoms with E-state index in [0.717, 1.165) is 30.3 Å². The monoisotopic (exact) mass is 292 g/mol. The lowest BCUT2D eigenvalue weighted by atomic mass is 10.1. The number of rotatable bonds is 3. The zero-order valence-corrected chi connectivity index (χ0v) is 11.4. The Kier molecular flexibility index (Phi) is 3.10. The number of fused-ring (bicyclic) bond motifs is 1. The minimum atomic E-state index is -3.91. The summed E-state index contributed by atoms with van der Waals surface area (Å²) in [6.45, 7) is 0.846. The molecule has 0 saturated heterocycles. The second kappa shape index (κ2) is 4.79. The lowest BCUT2D eigenvalue weighted by molar-refractivity contribution is 0.570. The van der Waals surface area contributed by atoms with Crippen molar-refractivity contribution in [3.05, 3.63) is 53.8 Å². The Balaban J connectivity index is 1.93. The molecule has 1 aliphatic rings. The zero-order chi connectivity index (χ0) is 14.2. The maximum absolute atomic E-state index is 13.6. The van der Waals surface area contributed by atoms with Gasteiger partial charge >= 0.3 is 0 Å². The lowest BCUT2D eigenvalue weighted by Gasteiger charge is -2.10. The number of hydrogen-bond acceptors (Lipinski definition) is 3. The van der Waals surface area contributed by atoms with Gasteiger partial charge in [-0.2, -0.15) is 0 Å². The molecule has 0 spiro atoms. The molecule has 20 heavy (non-hydrogen) atoms.